The normalized spacial score (nSPS) is 21.8. The Hall–Kier alpha value is -3.05. The zero-order valence-corrected chi connectivity index (χ0v) is 22.6. The lowest BCUT2D eigenvalue weighted by atomic mass is 9.75. The molecular weight excluding hydrogens is 444 g/mol. The Balaban J connectivity index is 1.76. The molecule has 3 aliphatic heterocycles. The van der Waals surface area contributed by atoms with Crippen molar-refractivity contribution in [2.24, 2.45) is 16.1 Å². The van der Waals surface area contributed by atoms with Crippen molar-refractivity contribution in [2.75, 3.05) is 20.1 Å². The van der Waals surface area contributed by atoms with Gasteiger partial charge in [0.2, 0.25) is 0 Å². The van der Waals surface area contributed by atoms with Crippen LogP contribution in [-0.2, 0) is 12.8 Å². The van der Waals surface area contributed by atoms with Crippen molar-refractivity contribution in [3.8, 4) is 0 Å². The largest absolute Gasteiger partial charge is 0.508 e. The molecule has 1 unspecified atom stereocenters. The third-order valence-corrected chi connectivity index (χ3v) is 7.85. The van der Waals surface area contributed by atoms with E-state index in [1.807, 2.05) is 12.4 Å². The van der Waals surface area contributed by atoms with Crippen LogP contribution in [0.2, 0.25) is 0 Å². The molecule has 0 aliphatic carbocycles. The minimum Gasteiger partial charge on any atom is -0.508 e. The van der Waals surface area contributed by atoms with Gasteiger partial charge in [0.05, 0.1) is 6.04 Å². The van der Waals surface area contributed by atoms with E-state index in [0.717, 1.165) is 55.6 Å². The Morgan fingerprint density at radius 3 is 2.53 bits per heavy atom. The average molecular weight is 487 g/mol. The molecule has 1 fully saturated rings. The lowest BCUT2D eigenvalue weighted by Crippen LogP contribution is -2.45. The highest BCUT2D eigenvalue weighted by Crippen LogP contribution is 2.44. The van der Waals surface area contributed by atoms with E-state index in [0.29, 0.717) is 11.6 Å². The average Bonchev–Trinajstić information content (AvgIpc) is 2.83. The fraction of sp³-hybridized carbons (Fsp3) is 0.452. The Morgan fingerprint density at radius 2 is 1.94 bits per heavy atom. The Kier molecular flexibility index (Phi) is 7.33. The number of rotatable bonds is 5. The predicted octanol–water partition coefficient (Wildman–Crippen LogP) is 5.85. The van der Waals surface area contributed by atoms with Crippen molar-refractivity contribution < 1.29 is 5.11 Å². The number of aliphatic imine (C=N–C) groups is 1. The first kappa shape index (κ1) is 26.0. The van der Waals surface area contributed by atoms with Gasteiger partial charge in [-0.2, -0.15) is 0 Å². The minimum absolute atomic E-state index is 0.0135. The van der Waals surface area contributed by atoms with Gasteiger partial charge in [-0.15, -0.1) is 0 Å². The summed E-state index contributed by atoms with van der Waals surface area (Å²) in [4.78, 5) is 9.61. The van der Waals surface area contributed by atoms with Crippen LogP contribution >= 0.6 is 0 Å². The lowest BCUT2D eigenvalue weighted by molar-refractivity contribution is 0.188. The molecule has 0 spiro atoms. The third kappa shape index (κ3) is 5.08. The molecule has 36 heavy (non-hydrogen) atoms. The number of piperidine rings is 1. The van der Waals surface area contributed by atoms with E-state index in [1.54, 1.807) is 6.20 Å². The predicted molar refractivity (Wildman–Crippen MR) is 153 cm³/mol. The topological polar surface area (TPSA) is 65.1 Å². The molecule has 0 radical (unpaired) electrons. The van der Waals surface area contributed by atoms with Gasteiger partial charge in [-0.25, -0.2) is 0 Å². The maximum atomic E-state index is 10.2. The molecule has 3 N–H and O–H groups in total. The number of aryl methyl sites for hydroxylation is 1. The van der Waals surface area contributed by atoms with Crippen molar-refractivity contribution in [3.05, 3.63) is 82.9 Å². The highest BCUT2D eigenvalue weighted by Gasteiger charge is 2.38. The minimum atomic E-state index is 0.0135. The first-order valence-electron chi connectivity index (χ1n) is 13.1. The van der Waals surface area contributed by atoms with Crippen LogP contribution in [0.3, 0.4) is 0 Å². The summed E-state index contributed by atoms with van der Waals surface area (Å²) < 4.78 is 0. The summed E-state index contributed by atoms with van der Waals surface area (Å²) in [6, 6.07) is 5.22. The summed E-state index contributed by atoms with van der Waals surface area (Å²) in [6.07, 6.45) is 11.8. The molecule has 0 bridgehead atoms. The molecule has 3 aliphatic rings. The Bertz CT molecular complexity index is 1170. The van der Waals surface area contributed by atoms with Crippen LogP contribution in [0.25, 0.3) is 11.3 Å². The molecule has 1 aromatic carbocycles. The van der Waals surface area contributed by atoms with Gasteiger partial charge in [-0.3, -0.25) is 4.99 Å². The van der Waals surface area contributed by atoms with Gasteiger partial charge >= 0.3 is 0 Å². The quantitative estimate of drug-likeness (QED) is 0.405. The summed E-state index contributed by atoms with van der Waals surface area (Å²) in [5.74, 6) is 0.0555. The van der Waals surface area contributed by atoms with Crippen molar-refractivity contribution >= 4 is 17.5 Å². The molecule has 5 heteroatoms. The van der Waals surface area contributed by atoms with E-state index in [1.165, 1.54) is 22.3 Å². The van der Waals surface area contributed by atoms with Gasteiger partial charge in [0, 0.05) is 47.1 Å². The molecule has 4 rings (SSSR count). The number of hydrogen-bond donors (Lipinski definition) is 2. The zero-order chi connectivity index (χ0) is 26.2. The second kappa shape index (κ2) is 10.1. The van der Waals surface area contributed by atoms with E-state index in [9.17, 15) is 5.11 Å². The van der Waals surface area contributed by atoms with Gasteiger partial charge in [0.15, 0.2) is 0 Å². The number of benzene rings is 1. The van der Waals surface area contributed by atoms with Crippen LogP contribution in [0.1, 0.15) is 62.8 Å². The zero-order valence-electron chi connectivity index (χ0n) is 22.6. The molecule has 0 amide bonds. The van der Waals surface area contributed by atoms with Crippen molar-refractivity contribution in [2.45, 2.75) is 65.5 Å². The number of nitrogens with two attached hydrogens (primary N) is 1. The lowest BCUT2D eigenvalue weighted by Gasteiger charge is -2.47. The molecular formula is C31H42N4O. The van der Waals surface area contributed by atoms with Crippen molar-refractivity contribution in [1.82, 2.24) is 9.80 Å². The smallest absolute Gasteiger partial charge is 0.117 e. The number of hydrogen-bond acceptors (Lipinski definition) is 5. The molecule has 1 atom stereocenters. The van der Waals surface area contributed by atoms with Crippen LogP contribution in [0.5, 0.6) is 0 Å². The molecule has 5 nitrogen and oxygen atoms in total. The number of fused-ring (bicyclic) bond motifs is 3. The second-order valence-electron chi connectivity index (χ2n) is 11.5. The maximum Gasteiger partial charge on any atom is 0.117 e. The Morgan fingerprint density at radius 1 is 1.25 bits per heavy atom. The highest BCUT2D eigenvalue weighted by atomic mass is 16.3. The number of likely N-dealkylation sites (tertiary alicyclic amines) is 1. The van der Waals surface area contributed by atoms with Gasteiger partial charge in [-0.05, 0) is 85.6 Å². The number of aliphatic hydroxyl groups is 1. The van der Waals surface area contributed by atoms with E-state index in [4.69, 9.17) is 10.7 Å². The van der Waals surface area contributed by atoms with Crippen LogP contribution in [0.15, 0.2) is 65.7 Å². The third-order valence-electron chi connectivity index (χ3n) is 7.85. The van der Waals surface area contributed by atoms with Crippen LogP contribution in [-0.4, -0.2) is 53.3 Å². The van der Waals surface area contributed by atoms with Gasteiger partial charge in [0.1, 0.15) is 5.76 Å². The molecule has 1 saturated heterocycles. The summed E-state index contributed by atoms with van der Waals surface area (Å²) in [5, 5.41) is 10.2. The number of allylic oxidation sites excluding steroid dienone is 3. The van der Waals surface area contributed by atoms with E-state index >= 15 is 0 Å². The van der Waals surface area contributed by atoms with Gasteiger partial charge in [-0.1, -0.05) is 46.9 Å². The summed E-state index contributed by atoms with van der Waals surface area (Å²) in [5.41, 5.74) is 14.7. The fourth-order valence-electron chi connectivity index (χ4n) is 5.56. The molecule has 0 aromatic heterocycles. The van der Waals surface area contributed by atoms with E-state index in [-0.39, 0.29) is 17.2 Å². The fourth-order valence-corrected chi connectivity index (χ4v) is 5.56. The summed E-state index contributed by atoms with van der Waals surface area (Å²) >= 11 is 0. The van der Waals surface area contributed by atoms with Crippen LogP contribution in [0, 0.1) is 5.41 Å². The molecule has 3 heterocycles. The summed E-state index contributed by atoms with van der Waals surface area (Å²) in [6.45, 7) is 19.1. The second-order valence-corrected chi connectivity index (χ2v) is 11.5. The maximum absolute atomic E-state index is 10.2. The molecule has 1 aromatic rings. The highest BCUT2D eigenvalue weighted by molar-refractivity contribution is 6.10. The van der Waals surface area contributed by atoms with E-state index < -0.39 is 0 Å². The standard InChI is InChI=1S/C31H42N4O/c1-8-22-14-27-23(15-26(22)24(17-32)18-33-25-9-11-34(7)12-10-25)16-30(31(4,5)6)35-19-28(21(3)36)20(2)13-29(27)35/h13-15,17-19,25,30,36H,2-3,8-12,16,32H2,1,4-7H3. The van der Waals surface area contributed by atoms with Crippen molar-refractivity contribution in [3.63, 3.8) is 0 Å². The van der Waals surface area contributed by atoms with Gasteiger partial charge in [0.25, 0.3) is 0 Å². The van der Waals surface area contributed by atoms with E-state index in [2.05, 4.69) is 75.9 Å². The van der Waals surface area contributed by atoms with Crippen LogP contribution in [0.4, 0.5) is 0 Å². The van der Waals surface area contributed by atoms with Crippen molar-refractivity contribution in [1.29, 1.82) is 0 Å². The first-order valence-corrected chi connectivity index (χ1v) is 13.1. The number of nitrogens with zero attached hydrogens (tertiary/aromatic N) is 3. The van der Waals surface area contributed by atoms with Gasteiger partial charge < -0.3 is 20.6 Å². The molecule has 0 saturated carbocycles. The summed E-state index contributed by atoms with van der Waals surface area (Å²) in [7, 11) is 2.17. The first-order chi connectivity index (χ1) is 17.0. The Labute approximate surface area is 217 Å². The van der Waals surface area contributed by atoms with Crippen LogP contribution < -0.4 is 5.73 Å². The SMILES string of the molecule is C=C(O)C1=CN2C(=CC1=C)c1cc(CC)c(C(C=NC3CCN(C)CC3)=CN)cc1CC2C(C)(C)C. The number of aliphatic hydroxyl groups excluding tert-OH is 1. The molecule has 192 valence electrons. The monoisotopic (exact) mass is 486 g/mol.